The van der Waals surface area contributed by atoms with Crippen molar-refractivity contribution in [2.24, 2.45) is 0 Å². The summed E-state index contributed by atoms with van der Waals surface area (Å²) >= 11 is 16.4. The van der Waals surface area contributed by atoms with E-state index in [1.807, 2.05) is 0 Å². The molecule has 1 heterocycles. The van der Waals surface area contributed by atoms with E-state index in [2.05, 4.69) is 35.6 Å². The van der Waals surface area contributed by atoms with Crippen LogP contribution in [0, 0.1) is 0 Å². The van der Waals surface area contributed by atoms with Gasteiger partial charge in [0.25, 0.3) is 10.0 Å². The Morgan fingerprint density at radius 2 is 1.65 bits per heavy atom. The van der Waals surface area contributed by atoms with E-state index in [4.69, 9.17) is 27.9 Å². The van der Waals surface area contributed by atoms with Gasteiger partial charge in [0.2, 0.25) is 5.13 Å². The molecule has 0 unspecified atom stereocenters. The number of aromatic nitrogens is 2. The number of carbonyl (C=O) groups is 1. The fourth-order valence-corrected chi connectivity index (χ4v) is 8.66. The van der Waals surface area contributed by atoms with Crippen LogP contribution in [0.15, 0.2) is 94.3 Å². The van der Waals surface area contributed by atoms with Gasteiger partial charge >= 0.3 is 13.6 Å². The number of sulfonamides is 1. The SMILES string of the molecule is O=C(O)c1cccc(Oc2cccc(-c3nnc(N(Cc4ccc(CP(=O)(OF)OF)c(Br)c4)S(=O)(=O)c4ccc(Cl)c(Cl)c4)s3)c2)c1. The molecule has 1 N–H and O–H groups in total. The molecule has 4 aromatic carbocycles. The number of anilines is 1. The van der Waals surface area contributed by atoms with Gasteiger partial charge in [-0.1, -0.05) is 80.8 Å². The molecule has 0 spiro atoms. The Kier molecular flexibility index (Phi) is 11.2. The van der Waals surface area contributed by atoms with E-state index in [-0.39, 0.29) is 42.2 Å². The molecule has 0 saturated carbocycles. The van der Waals surface area contributed by atoms with Gasteiger partial charge in [-0.25, -0.2) is 17.5 Å². The molecule has 0 atom stereocenters. The number of ether oxygens (including phenoxy) is 1. The van der Waals surface area contributed by atoms with Gasteiger partial charge in [-0.05, 0) is 74.8 Å². The number of carboxylic acid groups (broad SMARTS) is 1. The zero-order valence-electron chi connectivity index (χ0n) is 23.8. The van der Waals surface area contributed by atoms with E-state index >= 15 is 0 Å². The zero-order chi connectivity index (χ0) is 34.6. The maximum Gasteiger partial charge on any atom is 0.399 e. The fraction of sp³-hybridized carbons (Fsp3) is 0.0690. The van der Waals surface area contributed by atoms with Crippen LogP contribution < -0.4 is 9.04 Å². The summed E-state index contributed by atoms with van der Waals surface area (Å²) in [5, 5.41) is 18.1. The molecule has 19 heteroatoms. The van der Waals surface area contributed by atoms with E-state index in [0.717, 1.165) is 15.6 Å². The van der Waals surface area contributed by atoms with Crippen molar-refractivity contribution in [2.45, 2.75) is 17.6 Å². The minimum absolute atomic E-state index is 0.00282. The van der Waals surface area contributed by atoms with Gasteiger partial charge in [0, 0.05) is 10.0 Å². The third-order valence-electron chi connectivity index (χ3n) is 6.52. The van der Waals surface area contributed by atoms with E-state index in [9.17, 15) is 31.9 Å². The summed E-state index contributed by atoms with van der Waals surface area (Å²) in [5.74, 6) is -0.459. The van der Waals surface area contributed by atoms with E-state index in [0.29, 0.717) is 27.6 Å². The van der Waals surface area contributed by atoms with E-state index < -0.39 is 29.8 Å². The second kappa shape index (κ2) is 15.0. The van der Waals surface area contributed by atoms with Gasteiger partial charge in [-0.2, -0.15) is 0 Å². The van der Waals surface area contributed by atoms with Gasteiger partial charge in [0.15, 0.2) is 0 Å². The highest BCUT2D eigenvalue weighted by Gasteiger charge is 2.31. The van der Waals surface area contributed by atoms with Crippen LogP contribution in [0.1, 0.15) is 21.5 Å². The predicted octanol–water partition coefficient (Wildman–Crippen LogP) is 9.66. The Hall–Kier alpha value is -3.47. The number of hydrogen-bond donors (Lipinski definition) is 1. The number of aromatic carboxylic acids is 1. The monoisotopic (exact) mass is 819 g/mol. The standard InChI is InChI=1S/C29H19BrCl2F2N3O8PS2/c30-24-11-17(7-8-20(24)16-46(40,44-33)45-34)15-37(48(41,42)23-9-10-25(31)26(32)14-23)29-36-35-27(47-29)18-3-1-5-21(12-18)43-22-6-2-4-19(13-22)28(38)39/h1-14H,15-16H2,(H,38,39). The average Bonchev–Trinajstić information content (AvgIpc) is 3.56. The Morgan fingerprint density at radius 3 is 2.31 bits per heavy atom. The normalized spacial score (nSPS) is 11.8. The van der Waals surface area contributed by atoms with Crippen LogP contribution >= 0.6 is 58.1 Å². The molecule has 0 bridgehead atoms. The van der Waals surface area contributed by atoms with Crippen LogP contribution in [-0.4, -0.2) is 29.7 Å². The van der Waals surface area contributed by atoms with Crippen molar-refractivity contribution in [1.29, 1.82) is 0 Å². The Balaban J connectivity index is 1.49. The van der Waals surface area contributed by atoms with Crippen molar-refractivity contribution < 1.29 is 46.1 Å². The quantitative estimate of drug-likeness (QED) is 0.114. The molecule has 5 rings (SSSR count). The molecule has 1 aromatic heterocycles. The van der Waals surface area contributed by atoms with Crippen molar-refractivity contribution in [2.75, 3.05) is 4.31 Å². The van der Waals surface area contributed by atoms with Gasteiger partial charge in [-0.15, -0.1) is 19.7 Å². The van der Waals surface area contributed by atoms with Crippen molar-refractivity contribution in [3.8, 4) is 22.1 Å². The molecule has 0 aliphatic heterocycles. The minimum atomic E-state index is -4.69. The van der Waals surface area contributed by atoms with Crippen LogP contribution in [-0.2, 0) is 36.8 Å². The summed E-state index contributed by atoms with van der Waals surface area (Å²) < 4.78 is 78.8. The maximum atomic E-state index is 14.0. The lowest BCUT2D eigenvalue weighted by Gasteiger charge is -2.22. The number of halogens is 5. The molecule has 0 fully saturated rings. The number of rotatable bonds is 13. The molecule has 5 aromatic rings. The van der Waals surface area contributed by atoms with Crippen molar-refractivity contribution >= 4 is 79.2 Å². The molecule has 250 valence electrons. The summed E-state index contributed by atoms with van der Waals surface area (Å²) in [6.07, 6.45) is -0.750. The summed E-state index contributed by atoms with van der Waals surface area (Å²) in [7, 11) is -9.05. The summed E-state index contributed by atoms with van der Waals surface area (Å²) in [5.41, 5.74) is 1.12. The third-order valence-corrected chi connectivity index (χ3v) is 12.0. The fourth-order valence-electron chi connectivity index (χ4n) is 4.23. The lowest BCUT2D eigenvalue weighted by molar-refractivity contribution is -0.0881. The first kappa shape index (κ1) is 35.8. The molecule has 48 heavy (non-hydrogen) atoms. The highest BCUT2D eigenvalue weighted by atomic mass is 79.9. The molecule has 11 nitrogen and oxygen atoms in total. The zero-order valence-corrected chi connectivity index (χ0v) is 29.4. The number of hydrogen-bond acceptors (Lipinski definition) is 10. The first-order chi connectivity index (χ1) is 22.8. The maximum absolute atomic E-state index is 14.0. The third kappa shape index (κ3) is 8.21. The topological polar surface area (TPSA) is 145 Å². The van der Waals surface area contributed by atoms with E-state index in [1.54, 1.807) is 36.4 Å². The van der Waals surface area contributed by atoms with Crippen LogP contribution in [0.3, 0.4) is 0 Å². The lowest BCUT2D eigenvalue weighted by Crippen LogP contribution is -2.30. The van der Waals surface area contributed by atoms with Gasteiger partial charge in [0.1, 0.15) is 16.5 Å². The molecule has 0 radical (unpaired) electrons. The number of carboxylic acids is 1. The number of nitrogens with zero attached hydrogens (tertiary/aromatic N) is 3. The summed E-state index contributed by atoms with van der Waals surface area (Å²) in [6, 6.07) is 20.7. The van der Waals surface area contributed by atoms with Crippen LogP contribution in [0.25, 0.3) is 10.6 Å². The molecule has 0 amide bonds. The Morgan fingerprint density at radius 1 is 0.938 bits per heavy atom. The van der Waals surface area contributed by atoms with Crippen LogP contribution in [0.4, 0.5) is 14.2 Å². The van der Waals surface area contributed by atoms with Crippen LogP contribution in [0.5, 0.6) is 11.5 Å². The predicted molar refractivity (Wildman–Crippen MR) is 178 cm³/mol. The first-order valence-electron chi connectivity index (χ1n) is 13.2. The van der Waals surface area contributed by atoms with E-state index in [1.165, 1.54) is 48.5 Å². The highest BCUT2D eigenvalue weighted by molar-refractivity contribution is 9.10. The first-order valence-corrected chi connectivity index (χ1v) is 18.8. The Bertz CT molecular complexity index is 2150. The summed E-state index contributed by atoms with van der Waals surface area (Å²) in [6.45, 7) is -0.296. The van der Waals surface area contributed by atoms with Crippen molar-refractivity contribution in [3.63, 3.8) is 0 Å². The van der Waals surface area contributed by atoms with Crippen LogP contribution in [0.2, 0.25) is 10.0 Å². The molecule has 0 aliphatic rings. The minimum Gasteiger partial charge on any atom is -0.478 e. The lowest BCUT2D eigenvalue weighted by atomic mass is 10.1. The second-order valence-corrected chi connectivity index (χ2v) is 16.1. The van der Waals surface area contributed by atoms with Crippen molar-refractivity contribution in [3.05, 3.63) is 116 Å². The highest BCUT2D eigenvalue weighted by Crippen LogP contribution is 2.53. The second-order valence-electron chi connectivity index (χ2n) is 9.77. The molecular weight excluding hydrogens is 802 g/mol. The number of benzene rings is 4. The largest absolute Gasteiger partial charge is 0.478 e. The van der Waals surface area contributed by atoms with Gasteiger partial charge < -0.3 is 9.84 Å². The van der Waals surface area contributed by atoms with Gasteiger partial charge in [0.05, 0.1) is 33.2 Å². The Labute approximate surface area is 294 Å². The van der Waals surface area contributed by atoms with Crippen molar-refractivity contribution in [1.82, 2.24) is 10.2 Å². The average molecular weight is 821 g/mol. The molecular formula is C29H19BrCl2F2N3O8PS2. The summed E-state index contributed by atoms with van der Waals surface area (Å²) in [4.78, 5) is 11.1. The molecule has 0 aliphatic carbocycles. The molecule has 0 saturated heterocycles. The smallest absolute Gasteiger partial charge is 0.399 e. The van der Waals surface area contributed by atoms with Gasteiger partial charge in [-0.3, -0.25) is 4.57 Å².